The minimum atomic E-state index is -3.81. The summed E-state index contributed by atoms with van der Waals surface area (Å²) >= 11 is 0. The summed E-state index contributed by atoms with van der Waals surface area (Å²) < 4.78 is 60.0. The molecular weight excluding hydrogens is 468 g/mol. The first-order valence-electron chi connectivity index (χ1n) is 10.3. The summed E-state index contributed by atoms with van der Waals surface area (Å²) in [5, 5.41) is 2.75. The summed E-state index contributed by atoms with van der Waals surface area (Å²) in [5.41, 5.74) is 0.818. The summed E-state index contributed by atoms with van der Waals surface area (Å²) in [6, 6.07) is 12.3. The van der Waals surface area contributed by atoms with Crippen LogP contribution in [-0.4, -0.2) is 65.6 Å². The van der Waals surface area contributed by atoms with Crippen LogP contribution >= 0.6 is 0 Å². The molecular formula is C21H28N4O6S2. The molecule has 1 aliphatic heterocycles. The number of rotatable bonds is 8. The van der Waals surface area contributed by atoms with Gasteiger partial charge in [-0.3, -0.25) is 9.52 Å². The molecule has 1 saturated heterocycles. The molecule has 0 unspecified atom stereocenters. The molecule has 1 amide bonds. The molecule has 1 heterocycles. The van der Waals surface area contributed by atoms with E-state index in [0.29, 0.717) is 36.5 Å². The molecule has 0 bridgehead atoms. The van der Waals surface area contributed by atoms with Crippen LogP contribution in [0.1, 0.15) is 12.8 Å². The molecule has 180 valence electrons. The van der Waals surface area contributed by atoms with Gasteiger partial charge < -0.3 is 10.1 Å². The number of hydrogen-bond donors (Lipinski definition) is 2. The van der Waals surface area contributed by atoms with Crippen LogP contribution in [0.5, 0.6) is 5.75 Å². The van der Waals surface area contributed by atoms with Gasteiger partial charge >= 0.3 is 0 Å². The van der Waals surface area contributed by atoms with Gasteiger partial charge in [-0.1, -0.05) is 0 Å². The first kappa shape index (κ1) is 25.0. The van der Waals surface area contributed by atoms with E-state index in [1.807, 2.05) is 0 Å². The lowest BCUT2D eigenvalue weighted by atomic mass is 9.99. The van der Waals surface area contributed by atoms with Gasteiger partial charge in [0.05, 0.1) is 17.9 Å². The van der Waals surface area contributed by atoms with Crippen molar-refractivity contribution >= 4 is 37.5 Å². The first-order valence-corrected chi connectivity index (χ1v) is 13.2. The molecule has 10 nitrogen and oxygen atoms in total. The van der Waals surface area contributed by atoms with E-state index < -0.39 is 26.2 Å². The molecule has 0 radical (unpaired) electrons. The van der Waals surface area contributed by atoms with Crippen LogP contribution in [0.25, 0.3) is 0 Å². The average Bonchev–Trinajstić information content (AvgIpc) is 2.79. The second-order valence-electron chi connectivity index (χ2n) is 7.83. The summed E-state index contributed by atoms with van der Waals surface area (Å²) in [4.78, 5) is 12.7. The topological polar surface area (TPSA) is 125 Å². The highest BCUT2D eigenvalue weighted by Gasteiger charge is 2.33. The Morgan fingerprint density at radius 1 is 1.00 bits per heavy atom. The SMILES string of the molecule is COc1ccc(NS(=O)(=O)c2ccc(NC(=O)[C@@H]3CCCN(S(=O)(=O)N(C)C)C3)cc2)cc1. The smallest absolute Gasteiger partial charge is 0.281 e. The van der Waals surface area contributed by atoms with Gasteiger partial charge in [-0.15, -0.1) is 0 Å². The monoisotopic (exact) mass is 496 g/mol. The predicted molar refractivity (Wildman–Crippen MR) is 126 cm³/mol. The summed E-state index contributed by atoms with van der Waals surface area (Å²) in [6.45, 7) is 0.475. The minimum Gasteiger partial charge on any atom is -0.497 e. The number of amides is 1. The number of piperidine rings is 1. The van der Waals surface area contributed by atoms with Crippen molar-refractivity contribution in [3.05, 3.63) is 48.5 Å². The third-order valence-electron chi connectivity index (χ3n) is 5.32. The number of hydrogen-bond acceptors (Lipinski definition) is 6. The van der Waals surface area contributed by atoms with Crippen molar-refractivity contribution in [3.63, 3.8) is 0 Å². The summed E-state index contributed by atoms with van der Waals surface area (Å²) in [5.74, 6) is -0.187. The van der Waals surface area contributed by atoms with E-state index >= 15 is 0 Å². The number of sulfonamides is 1. The number of carbonyl (C=O) groups is 1. The fraction of sp³-hybridized carbons (Fsp3) is 0.381. The summed E-state index contributed by atoms with van der Waals surface area (Å²) in [6.07, 6.45) is 1.16. The number of carbonyl (C=O) groups excluding carboxylic acids is 1. The van der Waals surface area contributed by atoms with Gasteiger partial charge in [0.2, 0.25) is 5.91 Å². The second kappa shape index (κ2) is 10.1. The quantitative estimate of drug-likeness (QED) is 0.576. The number of nitrogens with zero attached hydrogens (tertiary/aromatic N) is 2. The highest BCUT2D eigenvalue weighted by Crippen LogP contribution is 2.23. The van der Waals surface area contributed by atoms with Crippen molar-refractivity contribution in [3.8, 4) is 5.75 Å². The number of nitrogens with one attached hydrogen (secondary N) is 2. The number of methoxy groups -OCH3 is 1. The molecule has 2 aromatic rings. The zero-order valence-corrected chi connectivity index (χ0v) is 20.3. The maximum absolute atomic E-state index is 12.7. The Morgan fingerprint density at radius 2 is 1.61 bits per heavy atom. The fourth-order valence-corrected chi connectivity index (χ4v) is 5.68. The third-order valence-corrected chi connectivity index (χ3v) is 8.62. The molecule has 12 heteroatoms. The molecule has 2 aromatic carbocycles. The third kappa shape index (κ3) is 6.02. The molecule has 0 spiro atoms. The van der Waals surface area contributed by atoms with E-state index in [1.54, 1.807) is 24.3 Å². The van der Waals surface area contributed by atoms with Crippen LogP contribution in [0, 0.1) is 5.92 Å². The maximum atomic E-state index is 12.7. The Hall–Kier alpha value is -2.67. The Morgan fingerprint density at radius 3 is 2.18 bits per heavy atom. The molecule has 0 aromatic heterocycles. The van der Waals surface area contributed by atoms with Crippen LogP contribution in [0.2, 0.25) is 0 Å². The summed E-state index contributed by atoms with van der Waals surface area (Å²) in [7, 11) is -2.96. The molecule has 1 atom stereocenters. The second-order valence-corrected chi connectivity index (χ2v) is 11.7. The van der Waals surface area contributed by atoms with E-state index in [-0.39, 0.29) is 17.3 Å². The molecule has 33 heavy (non-hydrogen) atoms. The Kier molecular flexibility index (Phi) is 7.62. The molecule has 0 aliphatic carbocycles. The lowest BCUT2D eigenvalue weighted by Crippen LogP contribution is -2.47. The van der Waals surface area contributed by atoms with Crippen LogP contribution in [0.15, 0.2) is 53.4 Å². The molecule has 3 rings (SSSR count). The van der Waals surface area contributed by atoms with Gasteiger partial charge in [0.1, 0.15) is 5.75 Å². The largest absolute Gasteiger partial charge is 0.497 e. The van der Waals surface area contributed by atoms with Gasteiger partial charge in [-0.05, 0) is 61.4 Å². The molecule has 1 aliphatic rings. The van der Waals surface area contributed by atoms with Gasteiger partial charge in [-0.2, -0.15) is 17.0 Å². The van der Waals surface area contributed by atoms with Crippen LogP contribution < -0.4 is 14.8 Å². The minimum absolute atomic E-state index is 0.0391. The molecule has 1 fully saturated rings. The van der Waals surface area contributed by atoms with Crippen molar-refractivity contribution in [1.29, 1.82) is 0 Å². The van der Waals surface area contributed by atoms with Crippen molar-refractivity contribution in [2.75, 3.05) is 44.3 Å². The zero-order valence-electron chi connectivity index (χ0n) is 18.7. The number of benzene rings is 2. The van der Waals surface area contributed by atoms with E-state index in [4.69, 9.17) is 4.74 Å². The van der Waals surface area contributed by atoms with E-state index in [9.17, 15) is 21.6 Å². The number of anilines is 2. The first-order chi connectivity index (χ1) is 15.5. The highest BCUT2D eigenvalue weighted by molar-refractivity contribution is 7.92. The van der Waals surface area contributed by atoms with Crippen LogP contribution in [0.3, 0.4) is 0 Å². The Bertz CT molecular complexity index is 1180. The normalized spacial score (nSPS) is 17.5. The van der Waals surface area contributed by atoms with Gasteiger partial charge in [0, 0.05) is 38.6 Å². The van der Waals surface area contributed by atoms with E-state index in [0.717, 1.165) is 4.31 Å². The fourth-order valence-electron chi connectivity index (χ4n) is 3.43. The van der Waals surface area contributed by atoms with Crippen LogP contribution in [0.4, 0.5) is 11.4 Å². The zero-order chi connectivity index (χ0) is 24.2. The van der Waals surface area contributed by atoms with Crippen molar-refractivity contribution in [1.82, 2.24) is 8.61 Å². The lowest BCUT2D eigenvalue weighted by molar-refractivity contribution is -0.120. The Labute approximate surface area is 194 Å². The maximum Gasteiger partial charge on any atom is 0.281 e. The van der Waals surface area contributed by atoms with Crippen LogP contribution in [-0.2, 0) is 25.0 Å². The lowest BCUT2D eigenvalue weighted by Gasteiger charge is -2.32. The predicted octanol–water partition coefficient (Wildman–Crippen LogP) is 1.95. The van der Waals surface area contributed by atoms with Gasteiger partial charge in [0.15, 0.2) is 0 Å². The molecule has 2 N–H and O–H groups in total. The highest BCUT2D eigenvalue weighted by atomic mass is 32.2. The van der Waals surface area contributed by atoms with Crippen molar-refractivity contribution in [2.24, 2.45) is 5.92 Å². The van der Waals surface area contributed by atoms with E-state index in [1.165, 1.54) is 49.8 Å². The standard InChI is InChI=1S/C21H28N4O6S2/c1-24(2)33(29,30)25-14-4-5-16(15-25)21(26)22-17-8-12-20(13-9-17)32(27,28)23-18-6-10-19(31-3)11-7-18/h6-13,16,23H,4-5,14-15H2,1-3H3,(H,22,26)/t16-/m1/s1. The van der Waals surface area contributed by atoms with E-state index in [2.05, 4.69) is 10.0 Å². The van der Waals surface area contributed by atoms with Gasteiger partial charge in [0.25, 0.3) is 20.2 Å². The van der Waals surface area contributed by atoms with Gasteiger partial charge in [-0.25, -0.2) is 8.42 Å². The number of ether oxygens (including phenoxy) is 1. The van der Waals surface area contributed by atoms with Crippen molar-refractivity contribution in [2.45, 2.75) is 17.7 Å². The Balaban J connectivity index is 1.64. The molecule has 0 saturated carbocycles. The average molecular weight is 497 g/mol. The van der Waals surface area contributed by atoms with Crippen molar-refractivity contribution < 1.29 is 26.4 Å².